The van der Waals surface area contributed by atoms with Crippen LogP contribution in [0.25, 0.3) is 0 Å². The fraction of sp³-hybridized carbons (Fsp3) is 0.552. The maximum atomic E-state index is 14.0. The van der Waals surface area contributed by atoms with Crippen LogP contribution in [0.5, 0.6) is 0 Å². The molecule has 0 aromatic rings. The van der Waals surface area contributed by atoms with Crippen molar-refractivity contribution in [2.45, 2.75) is 52.2 Å². The van der Waals surface area contributed by atoms with Gasteiger partial charge in [-0.3, -0.25) is 19.2 Å². The molecule has 4 aliphatic rings. The van der Waals surface area contributed by atoms with Crippen LogP contribution >= 0.6 is 0 Å². The van der Waals surface area contributed by atoms with E-state index in [2.05, 4.69) is 13.2 Å². The summed E-state index contributed by atoms with van der Waals surface area (Å²) in [5.74, 6) is -4.47. The number of rotatable bonds is 8. The van der Waals surface area contributed by atoms with E-state index in [9.17, 15) is 24.0 Å². The Balaban J connectivity index is 2.01. The van der Waals surface area contributed by atoms with E-state index in [0.29, 0.717) is 25.1 Å². The molecule has 204 valence electrons. The van der Waals surface area contributed by atoms with Crippen LogP contribution in [0.2, 0.25) is 0 Å². The molecule has 1 heterocycles. The number of fused-ring (bicyclic) bond motifs is 4. The molecule has 0 aromatic carbocycles. The summed E-state index contributed by atoms with van der Waals surface area (Å²) in [5.41, 5.74) is -1.47. The van der Waals surface area contributed by atoms with E-state index in [4.69, 9.17) is 14.2 Å². The highest BCUT2D eigenvalue weighted by molar-refractivity contribution is 6.47. The Morgan fingerprint density at radius 3 is 2.39 bits per heavy atom. The Kier molecular flexibility index (Phi) is 7.36. The minimum absolute atomic E-state index is 0.0210. The quantitative estimate of drug-likeness (QED) is 0.204. The molecule has 0 bridgehead atoms. The molecule has 1 aliphatic heterocycles. The Bertz CT molecular complexity index is 1170. The van der Waals surface area contributed by atoms with Crippen molar-refractivity contribution in [1.29, 1.82) is 0 Å². The SMILES string of the molecule is C=CCN(/C=C1/C(=O)O[C@H](COC)[C@]2(C)C3=C(C(=O)C(=O)C12)C1CCC(=O)[C@@]1(C)C[C@H]3OC(C)=O)CC=C. The smallest absolute Gasteiger partial charge is 0.336 e. The van der Waals surface area contributed by atoms with Crippen LogP contribution in [0.3, 0.4) is 0 Å². The Hall–Kier alpha value is -3.33. The number of hydrogen-bond donors (Lipinski definition) is 0. The van der Waals surface area contributed by atoms with Gasteiger partial charge in [0.2, 0.25) is 11.6 Å². The normalized spacial score (nSPS) is 35.3. The van der Waals surface area contributed by atoms with E-state index < -0.39 is 58.4 Å². The lowest BCUT2D eigenvalue weighted by molar-refractivity contribution is -0.174. The van der Waals surface area contributed by atoms with Crippen molar-refractivity contribution in [2.24, 2.45) is 22.7 Å². The summed E-state index contributed by atoms with van der Waals surface area (Å²) < 4.78 is 17.1. The largest absolute Gasteiger partial charge is 0.458 e. The van der Waals surface area contributed by atoms with Gasteiger partial charge in [0, 0.05) is 68.5 Å². The molecule has 0 aromatic heterocycles. The average Bonchev–Trinajstić information content (AvgIpc) is 3.13. The second-order valence-corrected chi connectivity index (χ2v) is 10.9. The predicted molar refractivity (Wildman–Crippen MR) is 136 cm³/mol. The highest BCUT2D eigenvalue weighted by atomic mass is 16.6. The fourth-order valence-corrected chi connectivity index (χ4v) is 7.01. The molecule has 2 unspecified atom stereocenters. The molecule has 0 radical (unpaired) electrons. The first-order chi connectivity index (χ1) is 17.9. The fourth-order valence-electron chi connectivity index (χ4n) is 7.01. The van der Waals surface area contributed by atoms with E-state index >= 15 is 0 Å². The molecule has 3 aliphatic carbocycles. The molecule has 0 amide bonds. The number of ether oxygens (including phenoxy) is 3. The summed E-state index contributed by atoms with van der Waals surface area (Å²) in [6.45, 7) is 13.0. The Labute approximate surface area is 222 Å². The lowest BCUT2D eigenvalue weighted by Crippen LogP contribution is -2.62. The number of carbonyl (C=O) groups excluding carboxylic acids is 5. The number of cyclic esters (lactones) is 1. The van der Waals surface area contributed by atoms with Gasteiger partial charge in [-0.15, -0.1) is 13.2 Å². The van der Waals surface area contributed by atoms with Gasteiger partial charge in [0.05, 0.1) is 18.1 Å². The van der Waals surface area contributed by atoms with Crippen LogP contribution in [0.4, 0.5) is 0 Å². The third-order valence-corrected chi connectivity index (χ3v) is 8.69. The maximum Gasteiger partial charge on any atom is 0.336 e. The van der Waals surface area contributed by atoms with E-state index in [1.54, 1.807) is 30.9 Å². The number of nitrogens with zero attached hydrogens (tertiary/aromatic N) is 1. The second kappa shape index (κ2) is 10.1. The molecule has 6 atom stereocenters. The van der Waals surface area contributed by atoms with Crippen molar-refractivity contribution < 1.29 is 38.2 Å². The van der Waals surface area contributed by atoms with Gasteiger partial charge in [-0.05, 0) is 12.0 Å². The maximum absolute atomic E-state index is 14.0. The highest BCUT2D eigenvalue weighted by Gasteiger charge is 2.67. The number of Topliss-reactive ketones (excluding diaryl/α,β-unsaturated/α-hetero) is 3. The lowest BCUT2D eigenvalue weighted by atomic mass is 9.50. The van der Waals surface area contributed by atoms with Crippen LogP contribution in [0, 0.1) is 22.7 Å². The monoisotopic (exact) mass is 525 g/mol. The molecular formula is C29H35NO8. The van der Waals surface area contributed by atoms with Crippen LogP contribution < -0.4 is 0 Å². The van der Waals surface area contributed by atoms with Gasteiger partial charge < -0.3 is 19.1 Å². The number of carbonyl (C=O) groups is 5. The Morgan fingerprint density at radius 2 is 1.82 bits per heavy atom. The predicted octanol–water partition coefficient (Wildman–Crippen LogP) is 2.51. The van der Waals surface area contributed by atoms with Gasteiger partial charge in [0.1, 0.15) is 18.0 Å². The third kappa shape index (κ3) is 4.08. The first kappa shape index (κ1) is 27.7. The zero-order valence-electron chi connectivity index (χ0n) is 22.4. The molecule has 1 saturated carbocycles. The van der Waals surface area contributed by atoms with Crippen LogP contribution in [-0.4, -0.2) is 73.2 Å². The molecule has 9 heteroatoms. The van der Waals surface area contributed by atoms with Crippen LogP contribution in [0.15, 0.2) is 48.2 Å². The average molecular weight is 526 g/mol. The van der Waals surface area contributed by atoms with Gasteiger partial charge in [-0.25, -0.2) is 4.79 Å². The molecular weight excluding hydrogens is 490 g/mol. The zero-order chi connectivity index (χ0) is 28.0. The van der Waals surface area contributed by atoms with Crippen LogP contribution in [0.1, 0.15) is 40.0 Å². The van der Waals surface area contributed by atoms with Crippen molar-refractivity contribution in [3.8, 4) is 0 Å². The highest BCUT2D eigenvalue weighted by Crippen LogP contribution is 2.62. The van der Waals surface area contributed by atoms with Crippen molar-refractivity contribution in [3.63, 3.8) is 0 Å². The summed E-state index contributed by atoms with van der Waals surface area (Å²) in [5, 5.41) is 0. The summed E-state index contributed by atoms with van der Waals surface area (Å²) in [6.07, 6.45) is 3.82. The number of hydrogen-bond acceptors (Lipinski definition) is 9. The van der Waals surface area contributed by atoms with Crippen molar-refractivity contribution in [1.82, 2.24) is 4.90 Å². The van der Waals surface area contributed by atoms with E-state index in [1.807, 2.05) is 0 Å². The van der Waals surface area contributed by atoms with E-state index in [0.717, 1.165) is 0 Å². The summed E-state index contributed by atoms with van der Waals surface area (Å²) in [6, 6.07) is 0. The number of methoxy groups -OCH3 is 1. The first-order valence-corrected chi connectivity index (χ1v) is 12.9. The summed E-state index contributed by atoms with van der Waals surface area (Å²) in [7, 11) is 1.45. The molecule has 4 rings (SSSR count). The van der Waals surface area contributed by atoms with Gasteiger partial charge in [-0.1, -0.05) is 26.0 Å². The number of ketones is 3. The third-order valence-electron chi connectivity index (χ3n) is 8.69. The van der Waals surface area contributed by atoms with Crippen molar-refractivity contribution >= 4 is 29.3 Å². The molecule has 1 saturated heterocycles. The van der Waals surface area contributed by atoms with Crippen LogP contribution in [-0.2, 0) is 38.2 Å². The minimum atomic E-state index is -1.25. The summed E-state index contributed by atoms with van der Waals surface area (Å²) >= 11 is 0. The van der Waals surface area contributed by atoms with Gasteiger partial charge in [0.15, 0.2) is 0 Å². The van der Waals surface area contributed by atoms with E-state index in [-0.39, 0.29) is 36.4 Å². The molecule has 38 heavy (non-hydrogen) atoms. The molecule has 0 N–H and O–H groups in total. The van der Waals surface area contributed by atoms with Gasteiger partial charge in [0.25, 0.3) is 0 Å². The lowest BCUT2D eigenvalue weighted by Gasteiger charge is -2.55. The molecule has 2 fully saturated rings. The number of allylic oxidation sites excluding steroid dienone is 1. The van der Waals surface area contributed by atoms with Gasteiger partial charge in [-0.2, -0.15) is 0 Å². The molecule has 9 nitrogen and oxygen atoms in total. The number of esters is 2. The van der Waals surface area contributed by atoms with Gasteiger partial charge >= 0.3 is 11.9 Å². The second-order valence-electron chi connectivity index (χ2n) is 10.9. The minimum Gasteiger partial charge on any atom is -0.458 e. The zero-order valence-corrected chi connectivity index (χ0v) is 22.4. The Morgan fingerprint density at radius 1 is 1.16 bits per heavy atom. The summed E-state index contributed by atoms with van der Waals surface area (Å²) in [4.78, 5) is 68.3. The topological polar surface area (TPSA) is 116 Å². The van der Waals surface area contributed by atoms with E-state index in [1.165, 1.54) is 20.2 Å². The standard InChI is InChI=1S/C29H35NO8/c1-7-11-30(12-8-2)14-17-23-26(34)25(33)22-18-9-10-20(32)28(18,4)13-19(37-16(3)31)24(22)29(23,5)21(15-36-6)38-27(17)35/h7-8,14,18-19,21,23H,1-2,9-13,15H2,3-6H3/b17-14+/t18?,19-,21-,23?,28+,29+/m1/s1. The van der Waals surface area contributed by atoms with Crippen molar-refractivity contribution in [2.75, 3.05) is 26.8 Å². The first-order valence-electron chi connectivity index (χ1n) is 12.9. The van der Waals surface area contributed by atoms with Crippen molar-refractivity contribution in [3.05, 3.63) is 48.2 Å². The molecule has 0 spiro atoms.